The normalized spacial score (nSPS) is 11.2. The van der Waals surface area contributed by atoms with Gasteiger partial charge in [0.1, 0.15) is 0 Å². The van der Waals surface area contributed by atoms with Crippen LogP contribution >= 0.6 is 0 Å². The molecular weight excluding hydrogens is 244 g/mol. The zero-order chi connectivity index (χ0) is 13.5. The molecule has 4 rings (SSSR count). The molecule has 96 valence electrons. The number of aromatic nitrogens is 1. The lowest BCUT2D eigenvalue weighted by atomic mass is 10.0. The van der Waals surface area contributed by atoms with E-state index in [1.165, 1.54) is 16.3 Å². The highest BCUT2D eigenvalue weighted by molar-refractivity contribution is 6.12. The number of anilines is 1. The van der Waals surface area contributed by atoms with Gasteiger partial charge in [0, 0.05) is 16.3 Å². The van der Waals surface area contributed by atoms with Crippen LogP contribution in [0.3, 0.4) is 0 Å². The van der Waals surface area contributed by atoms with Crippen LogP contribution in [0.2, 0.25) is 0 Å². The minimum Gasteiger partial charge on any atom is -0.397 e. The number of aromatic amines is 1. The summed E-state index contributed by atoms with van der Waals surface area (Å²) in [6.45, 7) is 0. The molecule has 0 aliphatic heterocycles. The van der Waals surface area contributed by atoms with Gasteiger partial charge in [0.2, 0.25) is 0 Å². The third-order valence-corrected chi connectivity index (χ3v) is 3.75. The predicted molar refractivity (Wildman–Crippen MR) is 85.7 cm³/mol. The fourth-order valence-corrected chi connectivity index (χ4v) is 2.78. The van der Waals surface area contributed by atoms with Crippen molar-refractivity contribution in [3.8, 4) is 11.1 Å². The number of para-hydroxylation sites is 1. The minimum atomic E-state index is 0.789. The number of hydrogen-bond acceptors (Lipinski definition) is 1. The van der Waals surface area contributed by atoms with Gasteiger partial charge in [0.25, 0.3) is 0 Å². The molecule has 0 radical (unpaired) electrons. The molecular formula is C18H14N2. The maximum atomic E-state index is 6.23. The van der Waals surface area contributed by atoms with Crippen molar-refractivity contribution in [2.24, 2.45) is 0 Å². The van der Waals surface area contributed by atoms with Crippen molar-refractivity contribution in [2.45, 2.75) is 0 Å². The Morgan fingerprint density at radius 3 is 2.30 bits per heavy atom. The van der Waals surface area contributed by atoms with E-state index in [9.17, 15) is 0 Å². The topological polar surface area (TPSA) is 41.8 Å². The van der Waals surface area contributed by atoms with Gasteiger partial charge in [-0.2, -0.15) is 0 Å². The Balaban J connectivity index is 2.08. The lowest BCUT2D eigenvalue weighted by molar-refractivity contribution is 1.54. The fraction of sp³-hybridized carbons (Fsp3) is 0. The number of fused-ring (bicyclic) bond motifs is 3. The first-order valence-corrected chi connectivity index (χ1v) is 6.68. The van der Waals surface area contributed by atoms with Crippen LogP contribution in [0.15, 0.2) is 66.7 Å². The molecule has 2 heteroatoms. The predicted octanol–water partition coefficient (Wildman–Crippen LogP) is 4.57. The summed E-state index contributed by atoms with van der Waals surface area (Å²) >= 11 is 0. The molecule has 0 fully saturated rings. The summed E-state index contributed by atoms with van der Waals surface area (Å²) in [5, 5.41) is 2.39. The Morgan fingerprint density at radius 2 is 1.45 bits per heavy atom. The SMILES string of the molecule is Nc1cc(-c2ccccc2)cc2c1[nH]c1ccccc12. The first-order valence-electron chi connectivity index (χ1n) is 6.68. The number of nitrogen functional groups attached to an aromatic ring is 1. The number of rotatable bonds is 1. The second-order valence-electron chi connectivity index (χ2n) is 5.02. The van der Waals surface area contributed by atoms with Gasteiger partial charge in [-0.05, 0) is 29.3 Å². The van der Waals surface area contributed by atoms with Crippen molar-refractivity contribution in [3.63, 3.8) is 0 Å². The van der Waals surface area contributed by atoms with Crippen LogP contribution in [-0.2, 0) is 0 Å². The molecule has 0 aliphatic carbocycles. The molecule has 0 unspecified atom stereocenters. The Morgan fingerprint density at radius 1 is 0.700 bits per heavy atom. The van der Waals surface area contributed by atoms with E-state index in [2.05, 4.69) is 41.4 Å². The molecule has 0 saturated heterocycles. The number of H-pyrrole nitrogens is 1. The summed E-state index contributed by atoms with van der Waals surface area (Å²) in [7, 11) is 0. The first-order chi connectivity index (χ1) is 9.83. The Kier molecular flexibility index (Phi) is 2.30. The highest BCUT2D eigenvalue weighted by atomic mass is 14.7. The monoisotopic (exact) mass is 258 g/mol. The molecule has 3 aromatic carbocycles. The van der Waals surface area contributed by atoms with Gasteiger partial charge in [-0.3, -0.25) is 0 Å². The van der Waals surface area contributed by atoms with E-state index in [1.54, 1.807) is 0 Å². The zero-order valence-corrected chi connectivity index (χ0v) is 10.9. The Hall–Kier alpha value is -2.74. The third kappa shape index (κ3) is 1.58. The van der Waals surface area contributed by atoms with Gasteiger partial charge in [0.05, 0.1) is 11.2 Å². The molecule has 1 heterocycles. The van der Waals surface area contributed by atoms with Gasteiger partial charge in [-0.15, -0.1) is 0 Å². The summed E-state index contributed by atoms with van der Waals surface area (Å²) < 4.78 is 0. The highest BCUT2D eigenvalue weighted by Crippen LogP contribution is 2.33. The van der Waals surface area contributed by atoms with Crippen LogP contribution in [0, 0.1) is 0 Å². The molecule has 2 nitrogen and oxygen atoms in total. The summed E-state index contributed by atoms with van der Waals surface area (Å²) in [5.41, 5.74) is 11.5. The Labute approximate surface area is 116 Å². The van der Waals surface area contributed by atoms with Crippen molar-refractivity contribution in [3.05, 3.63) is 66.7 Å². The minimum absolute atomic E-state index is 0.789. The van der Waals surface area contributed by atoms with E-state index >= 15 is 0 Å². The van der Waals surface area contributed by atoms with E-state index < -0.39 is 0 Å². The number of nitrogens with one attached hydrogen (secondary N) is 1. The van der Waals surface area contributed by atoms with Crippen molar-refractivity contribution in [1.82, 2.24) is 4.98 Å². The van der Waals surface area contributed by atoms with Crippen LogP contribution in [0.1, 0.15) is 0 Å². The molecule has 0 saturated carbocycles. The second kappa shape index (κ2) is 4.14. The molecule has 0 amide bonds. The largest absolute Gasteiger partial charge is 0.397 e. The smallest absolute Gasteiger partial charge is 0.0698 e. The lowest BCUT2D eigenvalue weighted by Gasteiger charge is -2.04. The molecule has 0 bridgehead atoms. The van der Waals surface area contributed by atoms with Crippen LogP contribution in [-0.4, -0.2) is 4.98 Å². The average molecular weight is 258 g/mol. The van der Waals surface area contributed by atoms with E-state index in [4.69, 9.17) is 5.73 Å². The molecule has 0 atom stereocenters. The molecule has 4 aromatic rings. The summed E-state index contributed by atoms with van der Waals surface area (Å²) in [5.74, 6) is 0. The van der Waals surface area contributed by atoms with E-state index in [1.807, 2.05) is 30.3 Å². The van der Waals surface area contributed by atoms with Gasteiger partial charge < -0.3 is 10.7 Å². The van der Waals surface area contributed by atoms with Crippen LogP contribution in [0.4, 0.5) is 5.69 Å². The van der Waals surface area contributed by atoms with Crippen LogP contribution < -0.4 is 5.73 Å². The van der Waals surface area contributed by atoms with Gasteiger partial charge in [-0.1, -0.05) is 48.5 Å². The van der Waals surface area contributed by atoms with Gasteiger partial charge in [-0.25, -0.2) is 0 Å². The van der Waals surface area contributed by atoms with Crippen LogP contribution in [0.5, 0.6) is 0 Å². The van der Waals surface area contributed by atoms with Crippen molar-refractivity contribution in [2.75, 3.05) is 5.73 Å². The number of nitrogens with two attached hydrogens (primary N) is 1. The van der Waals surface area contributed by atoms with Gasteiger partial charge in [0.15, 0.2) is 0 Å². The summed E-state index contributed by atoms with van der Waals surface area (Å²) in [4.78, 5) is 3.40. The third-order valence-electron chi connectivity index (χ3n) is 3.75. The number of hydrogen-bond donors (Lipinski definition) is 2. The van der Waals surface area contributed by atoms with Gasteiger partial charge >= 0.3 is 0 Å². The summed E-state index contributed by atoms with van der Waals surface area (Å²) in [6.07, 6.45) is 0. The standard InChI is InChI=1S/C18H14N2/c19-16-11-13(12-6-2-1-3-7-12)10-15-14-8-4-5-9-17(14)20-18(15)16/h1-11,20H,19H2. The molecule has 3 N–H and O–H groups in total. The maximum Gasteiger partial charge on any atom is 0.0698 e. The molecule has 20 heavy (non-hydrogen) atoms. The van der Waals surface area contributed by atoms with Crippen LogP contribution in [0.25, 0.3) is 32.9 Å². The van der Waals surface area contributed by atoms with Crippen molar-refractivity contribution in [1.29, 1.82) is 0 Å². The zero-order valence-electron chi connectivity index (χ0n) is 10.9. The molecule has 0 spiro atoms. The first kappa shape index (κ1) is 11.1. The summed E-state index contributed by atoms with van der Waals surface area (Å²) in [6, 6.07) is 22.9. The quantitative estimate of drug-likeness (QED) is 0.482. The average Bonchev–Trinajstić information content (AvgIpc) is 2.88. The van der Waals surface area contributed by atoms with E-state index in [0.717, 1.165) is 22.3 Å². The lowest BCUT2D eigenvalue weighted by Crippen LogP contribution is -1.88. The van der Waals surface area contributed by atoms with Crippen molar-refractivity contribution < 1.29 is 0 Å². The van der Waals surface area contributed by atoms with Crippen molar-refractivity contribution >= 4 is 27.5 Å². The Bertz CT molecular complexity index is 905. The molecule has 1 aromatic heterocycles. The highest BCUT2D eigenvalue weighted by Gasteiger charge is 2.09. The van der Waals surface area contributed by atoms with E-state index in [0.29, 0.717) is 0 Å². The maximum absolute atomic E-state index is 6.23. The van der Waals surface area contributed by atoms with E-state index in [-0.39, 0.29) is 0 Å². The fourth-order valence-electron chi connectivity index (χ4n) is 2.78. The molecule has 0 aliphatic rings. The number of benzene rings is 3. The second-order valence-corrected chi connectivity index (χ2v) is 5.02.